The van der Waals surface area contributed by atoms with Crippen molar-refractivity contribution in [1.82, 2.24) is 0 Å². The molecule has 130 valence electrons. The van der Waals surface area contributed by atoms with E-state index in [-0.39, 0.29) is 0 Å². The summed E-state index contributed by atoms with van der Waals surface area (Å²) in [6, 6.07) is 0. The number of hydrogen-bond donors (Lipinski definition) is 2. The van der Waals surface area contributed by atoms with Crippen LogP contribution in [0, 0.1) is 71.0 Å². The number of ether oxygens (including phenoxy) is 2. The molecule has 8 rings (SSSR count). The van der Waals surface area contributed by atoms with Crippen molar-refractivity contribution in [1.29, 1.82) is 0 Å². The Morgan fingerprint density at radius 1 is 0.458 bits per heavy atom. The summed E-state index contributed by atoms with van der Waals surface area (Å²) in [7, 11) is 0. The summed E-state index contributed by atoms with van der Waals surface area (Å²) in [5, 5.41) is 21.9. The van der Waals surface area contributed by atoms with Gasteiger partial charge in [-0.15, -0.1) is 0 Å². The first-order valence-electron chi connectivity index (χ1n) is 10.4. The molecule has 0 radical (unpaired) electrons. The Morgan fingerprint density at radius 2 is 0.875 bits per heavy atom. The van der Waals surface area contributed by atoms with Crippen molar-refractivity contribution in [3.05, 3.63) is 0 Å². The van der Waals surface area contributed by atoms with Crippen LogP contribution in [0.1, 0.15) is 25.7 Å². The van der Waals surface area contributed by atoms with Gasteiger partial charge < -0.3 is 19.7 Å². The van der Waals surface area contributed by atoms with Crippen LogP contribution in [-0.2, 0) is 9.47 Å². The predicted molar refractivity (Wildman–Crippen MR) is 82.1 cm³/mol. The quantitative estimate of drug-likeness (QED) is 0.706. The summed E-state index contributed by atoms with van der Waals surface area (Å²) in [4.78, 5) is 0. The first-order chi connectivity index (χ1) is 11.8. The Balaban J connectivity index is 1.38. The topological polar surface area (TPSA) is 58.9 Å². The highest BCUT2D eigenvalue weighted by molar-refractivity contribution is 5.27. The highest BCUT2D eigenvalue weighted by Crippen LogP contribution is 2.82. The standard InChI is InChI=1S/C20H26O4/c21-19-17-11-5-1-3-7-9(5)13-15(11)16-12(18(13)20(22)23-7)6-2-4-8(24-19)10(6)14(16)17/h5-22H,1-4H2/t5-,6-,7-,8+,9+,10-,11-,12+,13-,14+,15-,16-,17+,18+,19+,20+/m1/s1. The molecule has 4 nitrogen and oxygen atoms in total. The Bertz CT molecular complexity index is 583. The molecule has 2 aliphatic heterocycles. The maximum absolute atomic E-state index is 10.9. The maximum Gasteiger partial charge on any atom is 0.158 e. The number of aliphatic hydroxyl groups is 2. The van der Waals surface area contributed by atoms with Gasteiger partial charge in [0.15, 0.2) is 12.6 Å². The number of hydrogen-bond acceptors (Lipinski definition) is 4. The number of rotatable bonds is 0. The van der Waals surface area contributed by atoms with Gasteiger partial charge in [0.2, 0.25) is 0 Å². The molecule has 6 aliphatic carbocycles. The first-order valence-corrected chi connectivity index (χ1v) is 10.4. The fourth-order valence-corrected chi connectivity index (χ4v) is 10.9. The third kappa shape index (κ3) is 1.08. The molecule has 8 fully saturated rings. The zero-order valence-electron chi connectivity index (χ0n) is 13.8. The molecule has 2 heterocycles. The molecule has 0 unspecified atom stereocenters. The third-order valence-corrected chi connectivity index (χ3v) is 10.6. The molecule has 2 saturated heterocycles. The predicted octanol–water partition coefficient (Wildman–Crippen LogP) is 1.46. The second-order valence-corrected chi connectivity index (χ2v) is 10.4. The van der Waals surface area contributed by atoms with E-state index in [9.17, 15) is 10.2 Å². The summed E-state index contributed by atoms with van der Waals surface area (Å²) >= 11 is 0. The summed E-state index contributed by atoms with van der Waals surface area (Å²) in [6.45, 7) is 0. The zero-order chi connectivity index (χ0) is 15.5. The molecule has 0 aromatic carbocycles. The van der Waals surface area contributed by atoms with E-state index >= 15 is 0 Å². The molecule has 24 heavy (non-hydrogen) atoms. The van der Waals surface area contributed by atoms with Crippen LogP contribution in [-0.4, -0.2) is 35.0 Å². The third-order valence-electron chi connectivity index (χ3n) is 10.6. The molecule has 8 aliphatic rings. The Labute approximate surface area is 141 Å². The highest BCUT2D eigenvalue weighted by Gasteiger charge is 2.81. The first kappa shape index (κ1) is 13.1. The fourth-order valence-electron chi connectivity index (χ4n) is 10.9. The van der Waals surface area contributed by atoms with Crippen molar-refractivity contribution in [3.63, 3.8) is 0 Å². The minimum Gasteiger partial charge on any atom is -0.368 e. The van der Waals surface area contributed by atoms with Crippen LogP contribution in [0.2, 0.25) is 0 Å². The summed E-state index contributed by atoms with van der Waals surface area (Å²) in [5.41, 5.74) is 0. The normalized spacial score (nSPS) is 78.2. The van der Waals surface area contributed by atoms with E-state index in [2.05, 4.69) is 0 Å². The van der Waals surface area contributed by atoms with E-state index in [1.165, 1.54) is 12.8 Å². The van der Waals surface area contributed by atoms with Gasteiger partial charge in [-0.3, -0.25) is 0 Å². The zero-order valence-corrected chi connectivity index (χ0v) is 13.8. The van der Waals surface area contributed by atoms with E-state index in [1.807, 2.05) is 0 Å². The Kier molecular flexibility index (Phi) is 2.05. The van der Waals surface area contributed by atoms with Crippen molar-refractivity contribution >= 4 is 0 Å². The molecule has 16 atom stereocenters. The van der Waals surface area contributed by atoms with Crippen LogP contribution < -0.4 is 0 Å². The molecule has 4 heteroatoms. The van der Waals surface area contributed by atoms with Gasteiger partial charge in [0.05, 0.1) is 12.2 Å². The molecule has 0 aromatic heterocycles. The monoisotopic (exact) mass is 330 g/mol. The van der Waals surface area contributed by atoms with Crippen LogP contribution in [0.15, 0.2) is 0 Å². The van der Waals surface area contributed by atoms with Crippen LogP contribution in [0.5, 0.6) is 0 Å². The molecule has 0 spiro atoms. The lowest BCUT2D eigenvalue weighted by molar-refractivity contribution is -0.238. The molecule has 2 N–H and O–H groups in total. The molecular formula is C20H26O4. The van der Waals surface area contributed by atoms with Gasteiger partial charge in [0, 0.05) is 11.8 Å². The Hall–Kier alpha value is -0.160. The van der Waals surface area contributed by atoms with E-state index in [0.717, 1.165) is 36.5 Å². The van der Waals surface area contributed by atoms with Gasteiger partial charge in [0.1, 0.15) is 0 Å². The second-order valence-electron chi connectivity index (χ2n) is 10.4. The lowest BCUT2D eigenvalue weighted by atomic mass is 9.70. The minimum absolute atomic E-state index is 0.294. The second kappa shape index (κ2) is 3.76. The van der Waals surface area contributed by atoms with Gasteiger partial charge in [-0.2, -0.15) is 0 Å². The van der Waals surface area contributed by atoms with Crippen LogP contribution in [0.4, 0.5) is 0 Å². The molecule has 6 saturated carbocycles. The lowest BCUT2D eigenvalue weighted by Gasteiger charge is -2.44. The van der Waals surface area contributed by atoms with E-state index in [4.69, 9.17) is 9.47 Å². The maximum atomic E-state index is 10.9. The van der Waals surface area contributed by atoms with E-state index < -0.39 is 12.6 Å². The SMILES string of the molecule is O[C@H]1O[C@@H]2CC[C@H]3[C@@H]4[C@H]5[C@@H]6[C@H]([C@@H]7CC[C@@H]8O[C@H](O)[C@@H]4[C@H]6[C@H]78)[C@H]1[C@@H]5[C@@H]32. The average molecular weight is 330 g/mol. The molecular weight excluding hydrogens is 304 g/mol. The van der Waals surface area contributed by atoms with E-state index in [1.54, 1.807) is 0 Å². The Morgan fingerprint density at radius 3 is 1.33 bits per heavy atom. The summed E-state index contributed by atoms with van der Waals surface area (Å²) < 4.78 is 12.4. The van der Waals surface area contributed by atoms with Gasteiger partial charge in [0.25, 0.3) is 0 Å². The van der Waals surface area contributed by atoms with Crippen LogP contribution >= 0.6 is 0 Å². The molecule has 0 aromatic rings. The van der Waals surface area contributed by atoms with Crippen molar-refractivity contribution in [2.24, 2.45) is 71.0 Å². The van der Waals surface area contributed by atoms with Crippen molar-refractivity contribution in [2.45, 2.75) is 50.5 Å². The van der Waals surface area contributed by atoms with Crippen LogP contribution in [0.3, 0.4) is 0 Å². The van der Waals surface area contributed by atoms with E-state index in [0.29, 0.717) is 59.6 Å². The van der Waals surface area contributed by atoms with Gasteiger partial charge in [-0.1, -0.05) is 0 Å². The fraction of sp³-hybridized carbons (Fsp3) is 1.00. The number of aliphatic hydroxyl groups excluding tert-OH is 2. The largest absolute Gasteiger partial charge is 0.368 e. The molecule has 0 amide bonds. The summed E-state index contributed by atoms with van der Waals surface area (Å²) in [5.74, 6) is 7.76. The summed E-state index contributed by atoms with van der Waals surface area (Å²) in [6.07, 6.45) is 4.29. The lowest BCUT2D eigenvalue weighted by Crippen LogP contribution is -2.48. The van der Waals surface area contributed by atoms with Crippen LogP contribution in [0.25, 0.3) is 0 Å². The number of fused-ring (bicyclic) bond motifs is 4. The van der Waals surface area contributed by atoms with Crippen molar-refractivity contribution < 1.29 is 19.7 Å². The van der Waals surface area contributed by atoms with Crippen molar-refractivity contribution in [3.8, 4) is 0 Å². The van der Waals surface area contributed by atoms with Crippen molar-refractivity contribution in [2.75, 3.05) is 0 Å². The highest BCUT2D eigenvalue weighted by atomic mass is 16.6. The van der Waals surface area contributed by atoms with Gasteiger partial charge in [-0.05, 0) is 84.9 Å². The van der Waals surface area contributed by atoms with Gasteiger partial charge in [-0.25, -0.2) is 0 Å². The van der Waals surface area contributed by atoms with Gasteiger partial charge >= 0.3 is 0 Å². The average Bonchev–Trinajstić information content (AvgIpc) is 3.29. The minimum atomic E-state index is -0.521. The molecule has 0 bridgehead atoms. The smallest absolute Gasteiger partial charge is 0.158 e.